The number of sulfonamides is 1. The van der Waals surface area contributed by atoms with E-state index >= 15 is 0 Å². The Morgan fingerprint density at radius 1 is 0.939 bits per heavy atom. The van der Waals surface area contributed by atoms with Gasteiger partial charge in [-0.15, -0.1) is 0 Å². The molecule has 1 aliphatic heterocycles. The number of rotatable bonds is 6. The Hall–Kier alpha value is -3.22. The number of carbonyl (C=O) groups is 1. The fourth-order valence-electron chi connectivity index (χ4n) is 4.04. The maximum Gasteiger partial charge on any atom is 0.256 e. The predicted octanol–water partition coefficient (Wildman–Crippen LogP) is 5.29. The lowest BCUT2D eigenvalue weighted by Gasteiger charge is -2.30. The molecular formula is C27H28N2O3S. The number of hydrogen-bond acceptors (Lipinski definition) is 3. The molecule has 1 aliphatic rings. The molecule has 5 nitrogen and oxygen atoms in total. The summed E-state index contributed by atoms with van der Waals surface area (Å²) >= 11 is 0. The number of carbonyl (C=O) groups excluding carboxylic acids is 1. The molecule has 0 radical (unpaired) electrons. The van der Waals surface area contributed by atoms with E-state index in [1.807, 2.05) is 66.7 Å². The van der Waals surface area contributed by atoms with E-state index in [1.54, 1.807) is 28.6 Å². The lowest BCUT2D eigenvalue weighted by Crippen LogP contribution is -2.39. The van der Waals surface area contributed by atoms with Crippen molar-refractivity contribution in [2.75, 3.05) is 18.4 Å². The maximum atomic E-state index is 13.2. The van der Waals surface area contributed by atoms with E-state index in [1.165, 1.54) is 0 Å². The molecule has 170 valence electrons. The van der Waals surface area contributed by atoms with Gasteiger partial charge in [0.2, 0.25) is 10.0 Å². The normalized spacial score (nSPS) is 17.5. The first-order chi connectivity index (χ1) is 15.9. The molecule has 1 heterocycles. The Morgan fingerprint density at radius 2 is 1.58 bits per heavy atom. The van der Waals surface area contributed by atoms with Crippen molar-refractivity contribution in [3.63, 3.8) is 0 Å². The van der Waals surface area contributed by atoms with Gasteiger partial charge >= 0.3 is 0 Å². The summed E-state index contributed by atoms with van der Waals surface area (Å²) in [6.07, 6.45) is 3.78. The largest absolute Gasteiger partial charge is 0.322 e. The first kappa shape index (κ1) is 23.0. The average Bonchev–Trinajstić information content (AvgIpc) is 2.84. The fraction of sp³-hybridized carbons (Fsp3) is 0.222. The zero-order valence-electron chi connectivity index (χ0n) is 18.6. The Labute approximate surface area is 195 Å². The van der Waals surface area contributed by atoms with E-state index in [4.69, 9.17) is 0 Å². The number of amides is 1. The first-order valence-corrected chi connectivity index (χ1v) is 12.6. The van der Waals surface area contributed by atoms with E-state index in [2.05, 4.69) is 12.2 Å². The molecule has 3 aromatic rings. The molecule has 33 heavy (non-hydrogen) atoms. The highest BCUT2D eigenvalue weighted by Gasteiger charge is 2.28. The zero-order chi connectivity index (χ0) is 23.3. The van der Waals surface area contributed by atoms with Gasteiger partial charge in [-0.3, -0.25) is 4.79 Å². The Morgan fingerprint density at radius 3 is 2.21 bits per heavy atom. The Kier molecular flexibility index (Phi) is 7.06. The number of anilines is 1. The van der Waals surface area contributed by atoms with E-state index in [-0.39, 0.29) is 10.8 Å². The molecule has 0 aromatic heterocycles. The molecule has 0 spiro atoms. The average molecular weight is 461 g/mol. The quantitative estimate of drug-likeness (QED) is 0.402. The molecule has 6 heteroatoms. The van der Waals surface area contributed by atoms with Crippen molar-refractivity contribution < 1.29 is 13.2 Å². The summed E-state index contributed by atoms with van der Waals surface area (Å²) in [6.45, 7) is 3.18. The van der Waals surface area contributed by atoms with Gasteiger partial charge in [0.1, 0.15) is 0 Å². The fourth-order valence-corrected chi connectivity index (χ4v) is 5.63. The van der Waals surface area contributed by atoms with Crippen molar-refractivity contribution >= 4 is 33.3 Å². The van der Waals surface area contributed by atoms with Crippen LogP contribution < -0.4 is 5.32 Å². The summed E-state index contributed by atoms with van der Waals surface area (Å²) in [7, 11) is -3.53. The summed E-state index contributed by atoms with van der Waals surface area (Å²) in [5, 5.41) is 2.91. The Bertz CT molecular complexity index is 1220. The van der Waals surface area contributed by atoms with Crippen LogP contribution in [-0.4, -0.2) is 31.7 Å². The van der Waals surface area contributed by atoms with Gasteiger partial charge in [0.15, 0.2) is 0 Å². The number of nitrogens with one attached hydrogen (secondary N) is 1. The molecule has 1 unspecified atom stereocenters. The van der Waals surface area contributed by atoms with Crippen LogP contribution in [0, 0.1) is 5.92 Å². The van der Waals surface area contributed by atoms with Gasteiger partial charge in [-0.2, -0.15) is 4.31 Å². The SMILES string of the molecule is CC1CCCN(S(=O)(=O)c2ccc(NC(=O)/C(=C/c3ccccc3)c3ccccc3)cc2)C1. The summed E-state index contributed by atoms with van der Waals surface area (Å²) in [5.74, 6) is 0.102. The van der Waals surface area contributed by atoms with E-state index in [0.717, 1.165) is 24.0 Å². The zero-order valence-corrected chi connectivity index (χ0v) is 19.5. The minimum atomic E-state index is -3.53. The van der Waals surface area contributed by atoms with Gasteiger partial charge in [0.05, 0.1) is 4.90 Å². The van der Waals surface area contributed by atoms with Crippen molar-refractivity contribution in [1.82, 2.24) is 4.31 Å². The summed E-state index contributed by atoms with van der Waals surface area (Å²) in [4.78, 5) is 13.4. The van der Waals surface area contributed by atoms with Gasteiger partial charge in [-0.05, 0) is 60.2 Å². The van der Waals surface area contributed by atoms with Crippen LogP contribution in [0.15, 0.2) is 89.8 Å². The lowest BCUT2D eigenvalue weighted by molar-refractivity contribution is -0.111. The predicted molar refractivity (Wildman–Crippen MR) is 133 cm³/mol. The number of nitrogens with zero attached hydrogens (tertiary/aromatic N) is 1. The molecular weight excluding hydrogens is 432 g/mol. The topological polar surface area (TPSA) is 66.5 Å². The third-order valence-corrected chi connectivity index (χ3v) is 7.69. The van der Waals surface area contributed by atoms with Gasteiger partial charge in [-0.1, -0.05) is 67.6 Å². The van der Waals surface area contributed by atoms with E-state index in [0.29, 0.717) is 30.3 Å². The molecule has 4 rings (SSSR count). The highest BCUT2D eigenvalue weighted by Crippen LogP contribution is 2.25. The van der Waals surface area contributed by atoms with Crippen LogP contribution in [0.1, 0.15) is 30.9 Å². The first-order valence-electron chi connectivity index (χ1n) is 11.2. The van der Waals surface area contributed by atoms with Crippen LogP contribution in [0.2, 0.25) is 0 Å². The molecule has 1 N–H and O–H groups in total. The van der Waals surface area contributed by atoms with Crippen molar-refractivity contribution in [2.45, 2.75) is 24.7 Å². The maximum absolute atomic E-state index is 13.2. The van der Waals surface area contributed by atoms with Crippen LogP contribution in [0.3, 0.4) is 0 Å². The highest BCUT2D eigenvalue weighted by molar-refractivity contribution is 7.89. The summed E-state index contributed by atoms with van der Waals surface area (Å²) in [6, 6.07) is 25.5. The summed E-state index contributed by atoms with van der Waals surface area (Å²) < 4.78 is 27.5. The van der Waals surface area contributed by atoms with Crippen molar-refractivity contribution in [3.05, 3.63) is 96.1 Å². The van der Waals surface area contributed by atoms with Crippen LogP contribution >= 0.6 is 0 Å². The molecule has 1 amide bonds. The molecule has 0 saturated carbocycles. The van der Waals surface area contributed by atoms with Gasteiger partial charge in [0.25, 0.3) is 5.91 Å². The minimum Gasteiger partial charge on any atom is -0.322 e. The minimum absolute atomic E-state index is 0.248. The smallest absolute Gasteiger partial charge is 0.256 e. The molecule has 3 aromatic carbocycles. The number of benzene rings is 3. The monoisotopic (exact) mass is 460 g/mol. The van der Waals surface area contributed by atoms with Gasteiger partial charge < -0.3 is 5.32 Å². The summed E-state index contributed by atoms with van der Waals surface area (Å²) in [5.41, 5.74) is 2.79. The highest BCUT2D eigenvalue weighted by atomic mass is 32.2. The van der Waals surface area contributed by atoms with Gasteiger partial charge in [-0.25, -0.2) is 8.42 Å². The van der Waals surface area contributed by atoms with E-state index in [9.17, 15) is 13.2 Å². The Balaban J connectivity index is 1.55. The molecule has 1 atom stereocenters. The number of piperidine rings is 1. The second-order valence-electron chi connectivity index (χ2n) is 8.42. The van der Waals surface area contributed by atoms with Crippen LogP contribution in [-0.2, 0) is 14.8 Å². The van der Waals surface area contributed by atoms with Crippen LogP contribution in [0.4, 0.5) is 5.69 Å². The second kappa shape index (κ2) is 10.1. The van der Waals surface area contributed by atoms with E-state index < -0.39 is 10.0 Å². The van der Waals surface area contributed by atoms with Crippen LogP contribution in [0.5, 0.6) is 0 Å². The van der Waals surface area contributed by atoms with Crippen LogP contribution in [0.25, 0.3) is 11.6 Å². The standard InChI is InChI=1S/C27H28N2O3S/c1-21-9-8-18-29(20-21)33(31,32)25-16-14-24(15-17-25)28-27(30)26(23-12-6-3-7-13-23)19-22-10-4-2-5-11-22/h2-7,10-17,19,21H,8-9,18,20H2,1H3,(H,28,30)/b26-19+. The molecule has 0 aliphatic carbocycles. The van der Waals surface area contributed by atoms with Gasteiger partial charge in [0, 0.05) is 24.4 Å². The van der Waals surface area contributed by atoms with Crippen molar-refractivity contribution in [3.8, 4) is 0 Å². The number of hydrogen-bond donors (Lipinski definition) is 1. The third-order valence-electron chi connectivity index (χ3n) is 5.81. The van der Waals surface area contributed by atoms with Crippen molar-refractivity contribution in [1.29, 1.82) is 0 Å². The molecule has 0 bridgehead atoms. The molecule has 1 saturated heterocycles. The second-order valence-corrected chi connectivity index (χ2v) is 10.4. The van der Waals surface area contributed by atoms with Crippen molar-refractivity contribution in [2.24, 2.45) is 5.92 Å². The molecule has 1 fully saturated rings. The lowest BCUT2D eigenvalue weighted by atomic mass is 10.0. The third kappa shape index (κ3) is 5.59.